The zero-order valence-corrected chi connectivity index (χ0v) is 21.2. The number of carbonyl (C=O) groups is 2. The van der Waals surface area contributed by atoms with Gasteiger partial charge in [0.1, 0.15) is 21.6 Å². The highest BCUT2D eigenvalue weighted by Gasteiger charge is 2.31. The minimum Gasteiger partial charge on any atom is -0.508 e. The molecule has 1 heterocycles. The van der Waals surface area contributed by atoms with Crippen molar-refractivity contribution in [3.63, 3.8) is 0 Å². The summed E-state index contributed by atoms with van der Waals surface area (Å²) in [6.07, 6.45) is 4.50. The first-order valence-corrected chi connectivity index (χ1v) is 12.9. The van der Waals surface area contributed by atoms with E-state index >= 15 is 0 Å². The number of para-hydroxylation sites is 1. The van der Waals surface area contributed by atoms with E-state index in [0.29, 0.717) is 40.0 Å². The summed E-state index contributed by atoms with van der Waals surface area (Å²) < 4.78 is 6.44. The molecular formula is C28H26N2O4S2. The quantitative estimate of drug-likeness (QED) is 0.137. The van der Waals surface area contributed by atoms with Gasteiger partial charge in [0.25, 0.3) is 5.91 Å². The first-order valence-electron chi connectivity index (χ1n) is 11.7. The number of thioether (sulfide) groups is 1. The van der Waals surface area contributed by atoms with Crippen molar-refractivity contribution in [3.05, 3.63) is 89.3 Å². The van der Waals surface area contributed by atoms with Gasteiger partial charge in [-0.2, -0.15) is 0 Å². The predicted molar refractivity (Wildman–Crippen MR) is 148 cm³/mol. The average molecular weight is 519 g/mol. The maximum Gasteiger partial charge on any atom is 0.266 e. The van der Waals surface area contributed by atoms with Crippen molar-refractivity contribution in [3.8, 4) is 17.2 Å². The molecule has 0 aliphatic carbocycles. The number of anilines is 1. The minimum atomic E-state index is -0.0931. The van der Waals surface area contributed by atoms with Crippen LogP contribution in [0.4, 0.5) is 5.69 Å². The van der Waals surface area contributed by atoms with Crippen LogP contribution in [0.2, 0.25) is 0 Å². The van der Waals surface area contributed by atoms with Gasteiger partial charge in [-0.25, -0.2) is 0 Å². The summed E-state index contributed by atoms with van der Waals surface area (Å²) in [7, 11) is 0. The van der Waals surface area contributed by atoms with Gasteiger partial charge < -0.3 is 15.2 Å². The molecule has 0 spiro atoms. The first-order chi connectivity index (χ1) is 17.5. The number of amides is 2. The number of unbranched alkanes of at least 4 members (excludes halogenated alkanes) is 2. The molecule has 36 heavy (non-hydrogen) atoms. The van der Waals surface area contributed by atoms with Crippen LogP contribution < -0.4 is 10.1 Å². The van der Waals surface area contributed by atoms with Crippen LogP contribution in [0.25, 0.3) is 6.08 Å². The van der Waals surface area contributed by atoms with Crippen molar-refractivity contribution >= 4 is 51.9 Å². The second kappa shape index (κ2) is 12.4. The number of benzene rings is 3. The van der Waals surface area contributed by atoms with E-state index in [2.05, 4.69) is 5.32 Å². The van der Waals surface area contributed by atoms with Crippen molar-refractivity contribution in [1.82, 2.24) is 4.90 Å². The van der Waals surface area contributed by atoms with Gasteiger partial charge in [0.2, 0.25) is 5.91 Å². The number of phenolic OH excluding ortho intramolecular Hbond substituents is 1. The minimum absolute atomic E-state index is 0.0762. The number of aromatic hydroxyl groups is 1. The Labute approximate surface area is 220 Å². The molecule has 3 aromatic carbocycles. The van der Waals surface area contributed by atoms with Crippen LogP contribution in [-0.4, -0.2) is 32.7 Å². The fourth-order valence-electron chi connectivity index (χ4n) is 3.64. The normalized spacial score (nSPS) is 14.3. The molecule has 1 saturated heterocycles. The first kappa shape index (κ1) is 25.5. The molecule has 2 N–H and O–H groups in total. The topological polar surface area (TPSA) is 78.9 Å². The molecule has 2 amide bonds. The van der Waals surface area contributed by atoms with Crippen molar-refractivity contribution < 1.29 is 19.4 Å². The van der Waals surface area contributed by atoms with E-state index in [1.54, 1.807) is 17.0 Å². The zero-order valence-electron chi connectivity index (χ0n) is 19.6. The lowest BCUT2D eigenvalue weighted by molar-refractivity contribution is -0.122. The summed E-state index contributed by atoms with van der Waals surface area (Å²) in [4.78, 5) is 27.2. The second-order valence-electron chi connectivity index (χ2n) is 8.23. The van der Waals surface area contributed by atoms with Gasteiger partial charge in [0.05, 0.1) is 4.91 Å². The van der Waals surface area contributed by atoms with Gasteiger partial charge in [-0.1, -0.05) is 60.7 Å². The molecule has 1 aliphatic heterocycles. The van der Waals surface area contributed by atoms with Gasteiger partial charge in [0.15, 0.2) is 0 Å². The fourth-order valence-corrected chi connectivity index (χ4v) is 4.95. The van der Waals surface area contributed by atoms with E-state index in [0.717, 1.165) is 24.2 Å². The predicted octanol–water partition coefficient (Wildman–Crippen LogP) is 6.58. The van der Waals surface area contributed by atoms with Crippen molar-refractivity contribution in [2.75, 3.05) is 11.9 Å². The number of rotatable bonds is 10. The molecular weight excluding hydrogens is 492 g/mol. The maximum absolute atomic E-state index is 12.9. The van der Waals surface area contributed by atoms with Gasteiger partial charge in [-0.05, 0) is 73.0 Å². The van der Waals surface area contributed by atoms with Crippen LogP contribution in [0.1, 0.15) is 31.2 Å². The molecule has 0 radical (unpaired) electrons. The van der Waals surface area contributed by atoms with Gasteiger partial charge in [0, 0.05) is 18.7 Å². The second-order valence-corrected chi connectivity index (χ2v) is 9.90. The van der Waals surface area contributed by atoms with Crippen molar-refractivity contribution in [1.29, 1.82) is 0 Å². The lowest BCUT2D eigenvalue weighted by Gasteiger charge is -2.14. The van der Waals surface area contributed by atoms with E-state index in [1.807, 2.05) is 60.7 Å². The molecule has 0 atom stereocenters. The average Bonchev–Trinajstić information content (AvgIpc) is 3.13. The van der Waals surface area contributed by atoms with Gasteiger partial charge in [-0.15, -0.1) is 0 Å². The molecule has 0 unspecified atom stereocenters. The number of hydrogen-bond acceptors (Lipinski definition) is 6. The molecule has 4 rings (SSSR count). The molecule has 8 heteroatoms. The third-order valence-electron chi connectivity index (χ3n) is 5.44. The molecule has 0 aromatic heterocycles. The van der Waals surface area contributed by atoms with E-state index in [9.17, 15) is 14.7 Å². The SMILES string of the molecule is O=C(CCCCCN1C(=O)/C(=C/c2cccc(Oc3ccccc3)c2)SC1=S)Nc1ccc(O)cc1. The summed E-state index contributed by atoms with van der Waals surface area (Å²) in [5.74, 6) is 1.43. The number of nitrogens with one attached hydrogen (secondary N) is 1. The number of thiocarbonyl (C=S) groups is 1. The van der Waals surface area contributed by atoms with Crippen molar-refractivity contribution in [2.24, 2.45) is 0 Å². The highest BCUT2D eigenvalue weighted by atomic mass is 32.2. The highest BCUT2D eigenvalue weighted by molar-refractivity contribution is 8.26. The van der Waals surface area contributed by atoms with Crippen LogP contribution in [-0.2, 0) is 9.59 Å². The van der Waals surface area contributed by atoms with Gasteiger partial charge in [-0.3, -0.25) is 14.5 Å². The third kappa shape index (κ3) is 7.19. The van der Waals surface area contributed by atoms with Crippen LogP contribution in [0.3, 0.4) is 0 Å². The summed E-state index contributed by atoms with van der Waals surface area (Å²) in [6, 6.07) is 23.5. The number of carbonyl (C=O) groups excluding carboxylic acids is 2. The van der Waals surface area contributed by atoms with Crippen molar-refractivity contribution in [2.45, 2.75) is 25.7 Å². The van der Waals surface area contributed by atoms with Crippen LogP contribution in [0, 0.1) is 0 Å². The Morgan fingerprint density at radius 2 is 1.72 bits per heavy atom. The fraction of sp³-hybridized carbons (Fsp3) is 0.179. The Bertz CT molecular complexity index is 1260. The van der Waals surface area contributed by atoms with E-state index in [1.165, 1.54) is 23.9 Å². The number of nitrogens with zero attached hydrogens (tertiary/aromatic N) is 1. The van der Waals surface area contributed by atoms with Crippen LogP contribution in [0.5, 0.6) is 17.2 Å². The zero-order chi connectivity index (χ0) is 25.3. The summed E-state index contributed by atoms with van der Waals surface area (Å²) in [5.41, 5.74) is 1.52. The molecule has 0 bridgehead atoms. The molecule has 6 nitrogen and oxygen atoms in total. The number of hydrogen-bond donors (Lipinski definition) is 2. The van der Waals surface area contributed by atoms with E-state index in [4.69, 9.17) is 17.0 Å². The smallest absolute Gasteiger partial charge is 0.266 e. The molecule has 1 aliphatic rings. The Hall–Kier alpha value is -3.62. The maximum atomic E-state index is 12.9. The monoisotopic (exact) mass is 518 g/mol. The molecule has 184 valence electrons. The highest BCUT2D eigenvalue weighted by Crippen LogP contribution is 2.33. The van der Waals surface area contributed by atoms with Gasteiger partial charge >= 0.3 is 0 Å². The lowest BCUT2D eigenvalue weighted by Crippen LogP contribution is -2.29. The third-order valence-corrected chi connectivity index (χ3v) is 6.82. The molecule has 3 aromatic rings. The lowest BCUT2D eigenvalue weighted by atomic mass is 10.1. The van der Waals surface area contributed by atoms with Crippen LogP contribution >= 0.6 is 24.0 Å². The largest absolute Gasteiger partial charge is 0.508 e. The Kier molecular flexibility index (Phi) is 8.76. The Balaban J connectivity index is 1.24. The van der Waals surface area contributed by atoms with Crippen LogP contribution in [0.15, 0.2) is 83.8 Å². The van der Waals surface area contributed by atoms with E-state index in [-0.39, 0.29) is 17.6 Å². The molecule has 1 fully saturated rings. The summed E-state index contributed by atoms with van der Waals surface area (Å²) >= 11 is 6.75. The molecule has 0 saturated carbocycles. The Morgan fingerprint density at radius 1 is 0.972 bits per heavy atom. The Morgan fingerprint density at radius 3 is 2.50 bits per heavy atom. The summed E-state index contributed by atoms with van der Waals surface area (Å²) in [6.45, 7) is 0.527. The summed E-state index contributed by atoms with van der Waals surface area (Å²) in [5, 5.41) is 12.1. The number of ether oxygens (including phenoxy) is 1. The van der Waals surface area contributed by atoms with E-state index < -0.39 is 0 Å². The standard InChI is InChI=1S/C28H26N2O4S2/c31-22-15-13-21(14-16-22)29-26(32)12-5-2-6-17-30-27(33)25(36-28(30)35)19-20-8-7-11-24(18-20)34-23-9-3-1-4-10-23/h1,3-4,7-11,13-16,18-19,31H,2,5-6,12,17H2,(H,29,32)/b25-19-. The number of phenols is 1.